The third-order valence-corrected chi connectivity index (χ3v) is 3.81. The van der Waals surface area contributed by atoms with Gasteiger partial charge >= 0.3 is 11.8 Å². The van der Waals surface area contributed by atoms with Gasteiger partial charge in [-0.25, -0.2) is 14.6 Å². The van der Waals surface area contributed by atoms with Crippen molar-refractivity contribution in [3.8, 4) is 0 Å². The van der Waals surface area contributed by atoms with Crippen molar-refractivity contribution in [1.82, 2.24) is 19.4 Å². The topological polar surface area (TPSA) is 94.1 Å². The van der Waals surface area contributed by atoms with Gasteiger partial charge in [0.15, 0.2) is 5.58 Å². The van der Waals surface area contributed by atoms with E-state index in [1.807, 2.05) is 18.4 Å². The fourth-order valence-electron chi connectivity index (χ4n) is 2.57. The van der Waals surface area contributed by atoms with Gasteiger partial charge in [-0.2, -0.15) is 0 Å². The predicted octanol–water partition coefficient (Wildman–Crippen LogP) is 2.15. The van der Waals surface area contributed by atoms with E-state index in [9.17, 15) is 9.59 Å². The molecule has 0 bridgehead atoms. The maximum absolute atomic E-state index is 12.0. The summed E-state index contributed by atoms with van der Waals surface area (Å²) >= 11 is 0. The lowest BCUT2D eigenvalue weighted by Gasteiger charge is -2.09. The first-order valence-corrected chi connectivity index (χ1v) is 7.79. The molecule has 0 aliphatic carbocycles. The number of carbonyl (C=O) groups is 1. The minimum Gasteiger partial charge on any atom is -0.408 e. The van der Waals surface area contributed by atoms with E-state index in [1.165, 1.54) is 4.57 Å². The van der Waals surface area contributed by atoms with Crippen LogP contribution in [0.4, 0.5) is 10.5 Å². The summed E-state index contributed by atoms with van der Waals surface area (Å²) in [5, 5.41) is 5.51. The second-order valence-electron chi connectivity index (χ2n) is 5.27. The Morgan fingerprint density at radius 3 is 2.88 bits per heavy atom. The number of oxazole rings is 1. The van der Waals surface area contributed by atoms with Gasteiger partial charge in [0.1, 0.15) is 0 Å². The van der Waals surface area contributed by atoms with Gasteiger partial charge in [-0.15, -0.1) is 0 Å². The Labute approximate surface area is 138 Å². The number of carbonyl (C=O) groups excluding carboxylic acids is 1. The third kappa shape index (κ3) is 3.03. The van der Waals surface area contributed by atoms with E-state index in [-0.39, 0.29) is 6.03 Å². The van der Waals surface area contributed by atoms with Crippen molar-refractivity contribution in [2.75, 3.05) is 5.32 Å². The molecule has 0 unspecified atom stereocenters. The summed E-state index contributed by atoms with van der Waals surface area (Å²) in [5.74, 6) is -0.401. The van der Waals surface area contributed by atoms with E-state index < -0.39 is 5.76 Å². The molecular formula is C16H19N5O3. The Kier molecular flexibility index (Phi) is 4.37. The summed E-state index contributed by atoms with van der Waals surface area (Å²) in [6.07, 6.45) is 3.45. The maximum atomic E-state index is 12.0. The molecule has 0 spiro atoms. The van der Waals surface area contributed by atoms with Gasteiger partial charge in [0.05, 0.1) is 24.1 Å². The quantitative estimate of drug-likeness (QED) is 0.750. The third-order valence-electron chi connectivity index (χ3n) is 3.81. The summed E-state index contributed by atoms with van der Waals surface area (Å²) in [7, 11) is 0. The molecule has 2 aromatic heterocycles. The number of benzene rings is 1. The number of rotatable bonds is 5. The summed E-state index contributed by atoms with van der Waals surface area (Å²) in [5.41, 5.74) is 2.64. The summed E-state index contributed by atoms with van der Waals surface area (Å²) in [6.45, 7) is 5.59. The molecule has 0 radical (unpaired) electrons. The number of hydrogen-bond donors (Lipinski definition) is 2. The number of amides is 2. The molecule has 0 saturated heterocycles. The van der Waals surface area contributed by atoms with E-state index in [4.69, 9.17) is 4.42 Å². The molecule has 0 aliphatic rings. The fraction of sp³-hybridized carbons (Fsp3) is 0.312. The zero-order chi connectivity index (χ0) is 17.1. The Morgan fingerprint density at radius 1 is 1.29 bits per heavy atom. The minimum atomic E-state index is -0.401. The van der Waals surface area contributed by atoms with Gasteiger partial charge in [-0.3, -0.25) is 4.57 Å². The second kappa shape index (κ2) is 6.61. The van der Waals surface area contributed by atoms with E-state index in [0.717, 1.165) is 12.2 Å². The number of aromatic nitrogens is 3. The largest absolute Gasteiger partial charge is 0.419 e. The number of imidazole rings is 1. The van der Waals surface area contributed by atoms with Gasteiger partial charge in [0.2, 0.25) is 0 Å². The first-order chi connectivity index (χ1) is 11.6. The van der Waals surface area contributed by atoms with Crippen LogP contribution in [-0.2, 0) is 19.6 Å². The summed E-state index contributed by atoms with van der Waals surface area (Å²) in [4.78, 5) is 27.8. The molecule has 1 aromatic carbocycles. The van der Waals surface area contributed by atoms with Gasteiger partial charge in [0, 0.05) is 31.0 Å². The molecule has 8 nitrogen and oxygen atoms in total. The van der Waals surface area contributed by atoms with Gasteiger partial charge in [-0.1, -0.05) is 0 Å². The average molecular weight is 329 g/mol. The lowest BCUT2D eigenvalue weighted by Crippen LogP contribution is -2.29. The van der Waals surface area contributed by atoms with E-state index in [0.29, 0.717) is 29.9 Å². The van der Waals surface area contributed by atoms with Crippen LogP contribution < -0.4 is 16.4 Å². The fourth-order valence-corrected chi connectivity index (χ4v) is 2.57. The van der Waals surface area contributed by atoms with Crippen LogP contribution in [0.3, 0.4) is 0 Å². The standard InChI is InChI=1S/C16H19N5O3/c1-3-20-10-17-8-12(20)9-18-15(22)19-11-5-6-13-14(7-11)24-16(23)21(13)4-2/h5-8,10H,3-4,9H2,1-2H3,(H2,18,19,22). The highest BCUT2D eigenvalue weighted by Crippen LogP contribution is 2.18. The van der Waals surface area contributed by atoms with Gasteiger partial charge in [0.25, 0.3) is 0 Å². The molecule has 2 N–H and O–H groups in total. The van der Waals surface area contributed by atoms with Crippen LogP contribution in [0.1, 0.15) is 19.5 Å². The highest BCUT2D eigenvalue weighted by atomic mass is 16.4. The van der Waals surface area contributed by atoms with Crippen LogP contribution in [0.5, 0.6) is 0 Å². The van der Waals surface area contributed by atoms with Crippen molar-refractivity contribution in [2.45, 2.75) is 33.5 Å². The van der Waals surface area contributed by atoms with E-state index in [2.05, 4.69) is 15.6 Å². The van der Waals surface area contributed by atoms with Crippen molar-refractivity contribution in [1.29, 1.82) is 0 Å². The van der Waals surface area contributed by atoms with Crippen LogP contribution in [-0.4, -0.2) is 20.1 Å². The van der Waals surface area contributed by atoms with Crippen molar-refractivity contribution >= 4 is 22.8 Å². The first kappa shape index (κ1) is 15.9. The van der Waals surface area contributed by atoms with Crippen LogP contribution in [0.2, 0.25) is 0 Å². The minimum absolute atomic E-state index is 0.338. The number of nitrogens with zero attached hydrogens (tertiary/aromatic N) is 3. The molecule has 2 heterocycles. The van der Waals surface area contributed by atoms with Crippen LogP contribution in [0, 0.1) is 0 Å². The molecule has 126 valence electrons. The number of aryl methyl sites for hydroxylation is 2. The maximum Gasteiger partial charge on any atom is 0.419 e. The molecule has 8 heteroatoms. The summed E-state index contributed by atoms with van der Waals surface area (Å²) in [6, 6.07) is 4.79. The average Bonchev–Trinajstić information content (AvgIpc) is 3.15. The molecule has 3 rings (SSSR count). The van der Waals surface area contributed by atoms with Crippen LogP contribution >= 0.6 is 0 Å². The lowest BCUT2D eigenvalue weighted by molar-refractivity contribution is 0.251. The Morgan fingerprint density at radius 2 is 2.12 bits per heavy atom. The smallest absolute Gasteiger partial charge is 0.408 e. The van der Waals surface area contributed by atoms with Crippen molar-refractivity contribution in [3.05, 3.63) is 47.0 Å². The number of fused-ring (bicyclic) bond motifs is 1. The predicted molar refractivity (Wildman–Crippen MR) is 89.9 cm³/mol. The number of hydrogen-bond acceptors (Lipinski definition) is 4. The monoisotopic (exact) mass is 329 g/mol. The van der Waals surface area contributed by atoms with Gasteiger partial charge < -0.3 is 19.6 Å². The van der Waals surface area contributed by atoms with Crippen molar-refractivity contribution in [3.63, 3.8) is 0 Å². The zero-order valence-corrected chi connectivity index (χ0v) is 13.6. The normalized spacial score (nSPS) is 10.9. The summed E-state index contributed by atoms with van der Waals surface area (Å²) < 4.78 is 8.67. The molecule has 24 heavy (non-hydrogen) atoms. The molecule has 2 amide bonds. The number of nitrogens with one attached hydrogen (secondary N) is 2. The number of urea groups is 1. The first-order valence-electron chi connectivity index (χ1n) is 7.79. The number of anilines is 1. The second-order valence-corrected chi connectivity index (χ2v) is 5.27. The highest BCUT2D eigenvalue weighted by Gasteiger charge is 2.10. The molecular weight excluding hydrogens is 310 g/mol. The lowest BCUT2D eigenvalue weighted by atomic mass is 10.3. The Balaban J connectivity index is 1.68. The van der Waals surface area contributed by atoms with E-state index >= 15 is 0 Å². The SMILES string of the molecule is CCn1cncc1CNC(=O)Nc1ccc2c(c1)oc(=O)n2CC. The highest BCUT2D eigenvalue weighted by molar-refractivity contribution is 5.91. The molecule has 0 saturated carbocycles. The Hall–Kier alpha value is -3.03. The molecule has 0 fully saturated rings. The van der Waals surface area contributed by atoms with Crippen LogP contribution in [0.15, 0.2) is 39.9 Å². The van der Waals surface area contributed by atoms with E-state index in [1.54, 1.807) is 30.7 Å². The molecule has 3 aromatic rings. The Bertz CT molecular complexity index is 921. The van der Waals surface area contributed by atoms with Crippen molar-refractivity contribution in [2.24, 2.45) is 0 Å². The zero-order valence-electron chi connectivity index (χ0n) is 13.6. The molecule has 0 aliphatic heterocycles. The molecule has 0 atom stereocenters. The van der Waals surface area contributed by atoms with Crippen molar-refractivity contribution < 1.29 is 9.21 Å². The van der Waals surface area contributed by atoms with Crippen LogP contribution in [0.25, 0.3) is 11.1 Å². The van der Waals surface area contributed by atoms with Gasteiger partial charge in [-0.05, 0) is 26.0 Å².